The predicted octanol–water partition coefficient (Wildman–Crippen LogP) is 2.57. The highest BCUT2D eigenvalue weighted by atomic mass is 16.5. The fraction of sp³-hybridized carbons (Fsp3) is 0.294. The van der Waals surface area contributed by atoms with Crippen molar-refractivity contribution in [3.8, 4) is 0 Å². The van der Waals surface area contributed by atoms with Crippen LogP contribution >= 0.6 is 0 Å². The van der Waals surface area contributed by atoms with Gasteiger partial charge in [0, 0.05) is 11.4 Å². The Labute approximate surface area is 129 Å². The van der Waals surface area contributed by atoms with Crippen LogP contribution in [0.1, 0.15) is 32.3 Å². The van der Waals surface area contributed by atoms with Crippen molar-refractivity contribution in [1.82, 2.24) is 5.32 Å². The molecule has 1 heterocycles. The van der Waals surface area contributed by atoms with Crippen LogP contribution in [0.2, 0.25) is 0 Å². The number of esters is 1. The van der Waals surface area contributed by atoms with E-state index < -0.39 is 17.9 Å². The van der Waals surface area contributed by atoms with Gasteiger partial charge in [0.15, 0.2) is 0 Å². The van der Waals surface area contributed by atoms with E-state index in [1.165, 1.54) is 0 Å². The zero-order valence-electron chi connectivity index (χ0n) is 12.8. The number of ether oxygens (including phenoxy) is 1. The van der Waals surface area contributed by atoms with E-state index in [2.05, 4.69) is 5.32 Å². The number of aliphatic carboxylic acids is 1. The number of carboxylic acids is 1. The third-order valence-electron chi connectivity index (χ3n) is 3.62. The summed E-state index contributed by atoms with van der Waals surface area (Å²) in [6, 6.07) is 9.13. The highest BCUT2D eigenvalue weighted by Crippen LogP contribution is 2.38. The number of carbonyl (C=O) groups is 2. The molecule has 0 saturated carbocycles. The summed E-state index contributed by atoms with van der Waals surface area (Å²) in [5.41, 5.74) is 2.42. The molecule has 2 N–H and O–H groups in total. The number of hydrogen-bond acceptors (Lipinski definition) is 4. The lowest BCUT2D eigenvalue weighted by molar-refractivity contribution is -0.138. The van der Waals surface area contributed by atoms with Gasteiger partial charge in [-0.2, -0.15) is 0 Å². The number of rotatable bonds is 4. The van der Waals surface area contributed by atoms with Crippen LogP contribution in [0, 0.1) is 0 Å². The molecule has 0 fully saturated rings. The third kappa shape index (κ3) is 2.88. The molecule has 2 rings (SSSR count). The summed E-state index contributed by atoms with van der Waals surface area (Å²) in [4.78, 5) is 24.0. The molecule has 22 heavy (non-hydrogen) atoms. The topological polar surface area (TPSA) is 75.6 Å². The van der Waals surface area contributed by atoms with E-state index in [-0.39, 0.29) is 12.2 Å². The molecular formula is C17H19NO4. The van der Waals surface area contributed by atoms with Gasteiger partial charge in [-0.15, -0.1) is 0 Å². The minimum absolute atomic E-state index is 0.167. The highest BCUT2D eigenvalue weighted by molar-refractivity contribution is 5.99. The lowest BCUT2D eigenvalue weighted by Crippen LogP contribution is -2.31. The second-order valence-corrected chi connectivity index (χ2v) is 5.07. The molecule has 1 aromatic carbocycles. The largest absolute Gasteiger partial charge is 0.478 e. The van der Waals surface area contributed by atoms with Gasteiger partial charge in [-0.05, 0) is 26.3 Å². The number of carboxylic acid groups (broad SMARTS) is 1. The molecule has 5 heteroatoms. The smallest absolute Gasteiger partial charge is 0.336 e. The molecule has 0 bridgehead atoms. The van der Waals surface area contributed by atoms with E-state index >= 15 is 0 Å². The Balaban J connectivity index is 2.62. The van der Waals surface area contributed by atoms with Gasteiger partial charge in [-0.25, -0.2) is 9.59 Å². The molecule has 0 aliphatic carbocycles. The highest BCUT2D eigenvalue weighted by Gasteiger charge is 2.36. The molecule has 0 amide bonds. The summed E-state index contributed by atoms with van der Waals surface area (Å²) in [6.07, 6.45) is 0. The maximum Gasteiger partial charge on any atom is 0.336 e. The first-order valence-electron chi connectivity index (χ1n) is 7.11. The molecule has 0 saturated heterocycles. The number of nitrogens with one attached hydrogen (secondary N) is 1. The first-order valence-corrected chi connectivity index (χ1v) is 7.11. The summed E-state index contributed by atoms with van der Waals surface area (Å²) < 4.78 is 5.11. The molecule has 0 spiro atoms. The van der Waals surface area contributed by atoms with Gasteiger partial charge >= 0.3 is 11.9 Å². The molecular weight excluding hydrogens is 282 g/mol. The van der Waals surface area contributed by atoms with Crippen molar-refractivity contribution in [3.63, 3.8) is 0 Å². The molecule has 0 radical (unpaired) electrons. The maximum atomic E-state index is 12.3. The standard InChI is InChI=1S/C17H19NO4/c1-4-22-17(21)14-11(3)18-10(2)13(16(19)20)15(14)12-8-6-5-7-9-12/h5-9,15,18H,4H2,1-3H3,(H,19,20)/t15-/m1/s1. The lowest BCUT2D eigenvalue weighted by Gasteiger charge is -2.29. The van der Waals surface area contributed by atoms with E-state index in [4.69, 9.17) is 4.74 Å². The molecule has 0 aromatic heterocycles. The van der Waals surface area contributed by atoms with Gasteiger partial charge in [0.25, 0.3) is 0 Å². The Morgan fingerprint density at radius 3 is 2.27 bits per heavy atom. The first-order chi connectivity index (χ1) is 10.5. The molecule has 0 unspecified atom stereocenters. The fourth-order valence-corrected chi connectivity index (χ4v) is 2.74. The van der Waals surface area contributed by atoms with Crippen LogP contribution in [0.25, 0.3) is 0 Å². The van der Waals surface area contributed by atoms with Crippen LogP contribution in [0.5, 0.6) is 0 Å². The van der Waals surface area contributed by atoms with Gasteiger partial charge in [0.1, 0.15) is 0 Å². The van der Waals surface area contributed by atoms with Crippen molar-refractivity contribution in [2.45, 2.75) is 26.7 Å². The lowest BCUT2D eigenvalue weighted by atomic mass is 9.80. The summed E-state index contributed by atoms with van der Waals surface area (Å²) in [7, 11) is 0. The van der Waals surface area contributed by atoms with Crippen molar-refractivity contribution in [1.29, 1.82) is 0 Å². The van der Waals surface area contributed by atoms with Crippen LogP contribution in [0.15, 0.2) is 52.9 Å². The van der Waals surface area contributed by atoms with E-state index in [0.29, 0.717) is 17.0 Å². The minimum Gasteiger partial charge on any atom is -0.478 e. The van der Waals surface area contributed by atoms with Crippen LogP contribution in [0.4, 0.5) is 0 Å². The predicted molar refractivity (Wildman–Crippen MR) is 82.0 cm³/mol. The van der Waals surface area contributed by atoms with Gasteiger partial charge < -0.3 is 15.2 Å². The zero-order chi connectivity index (χ0) is 16.3. The minimum atomic E-state index is -1.05. The Morgan fingerprint density at radius 2 is 1.73 bits per heavy atom. The number of hydrogen-bond donors (Lipinski definition) is 2. The molecule has 116 valence electrons. The Bertz CT molecular complexity index is 658. The summed E-state index contributed by atoms with van der Waals surface area (Å²) in [6.45, 7) is 5.41. The number of dihydropyridines is 1. The van der Waals surface area contributed by atoms with Crippen molar-refractivity contribution in [3.05, 3.63) is 58.4 Å². The Morgan fingerprint density at radius 1 is 1.14 bits per heavy atom. The SMILES string of the molecule is CCOC(=O)C1=C(C)NC(C)=C(C(=O)O)[C@H]1c1ccccc1. The number of carbonyl (C=O) groups excluding carboxylic acids is 1. The van der Waals surface area contributed by atoms with E-state index in [0.717, 1.165) is 5.56 Å². The number of benzene rings is 1. The molecule has 1 aliphatic heterocycles. The fourth-order valence-electron chi connectivity index (χ4n) is 2.74. The second-order valence-electron chi connectivity index (χ2n) is 5.07. The van der Waals surface area contributed by atoms with E-state index in [1.807, 2.05) is 30.3 Å². The van der Waals surface area contributed by atoms with E-state index in [9.17, 15) is 14.7 Å². The Hall–Kier alpha value is -2.56. The van der Waals surface area contributed by atoms with Gasteiger partial charge in [-0.3, -0.25) is 0 Å². The monoisotopic (exact) mass is 301 g/mol. The normalized spacial score (nSPS) is 18.0. The van der Waals surface area contributed by atoms with Crippen LogP contribution < -0.4 is 5.32 Å². The average Bonchev–Trinajstić information content (AvgIpc) is 2.47. The Kier molecular flexibility index (Phi) is 4.65. The van der Waals surface area contributed by atoms with Crippen molar-refractivity contribution < 1.29 is 19.4 Å². The van der Waals surface area contributed by atoms with Gasteiger partial charge in [0.05, 0.1) is 23.7 Å². The summed E-state index contributed by atoms with van der Waals surface area (Å²) in [5, 5.41) is 12.6. The summed E-state index contributed by atoms with van der Waals surface area (Å²) in [5.74, 6) is -2.18. The van der Waals surface area contributed by atoms with Crippen molar-refractivity contribution in [2.75, 3.05) is 6.61 Å². The second kappa shape index (κ2) is 6.47. The average molecular weight is 301 g/mol. The molecule has 1 aliphatic rings. The molecule has 5 nitrogen and oxygen atoms in total. The van der Waals surface area contributed by atoms with Gasteiger partial charge in [0.2, 0.25) is 0 Å². The van der Waals surface area contributed by atoms with Crippen LogP contribution in [0.3, 0.4) is 0 Å². The van der Waals surface area contributed by atoms with Crippen molar-refractivity contribution in [2.24, 2.45) is 0 Å². The third-order valence-corrected chi connectivity index (χ3v) is 3.62. The summed E-state index contributed by atoms with van der Waals surface area (Å²) >= 11 is 0. The van der Waals surface area contributed by atoms with Crippen LogP contribution in [-0.2, 0) is 14.3 Å². The number of allylic oxidation sites excluding steroid dienone is 2. The first kappa shape index (κ1) is 15.8. The maximum absolute atomic E-state index is 12.3. The molecule has 1 atom stereocenters. The molecule has 1 aromatic rings. The van der Waals surface area contributed by atoms with Crippen LogP contribution in [-0.4, -0.2) is 23.7 Å². The van der Waals surface area contributed by atoms with Gasteiger partial charge in [-0.1, -0.05) is 30.3 Å². The zero-order valence-corrected chi connectivity index (χ0v) is 12.8. The quantitative estimate of drug-likeness (QED) is 0.836. The van der Waals surface area contributed by atoms with Crippen molar-refractivity contribution >= 4 is 11.9 Å². The van der Waals surface area contributed by atoms with E-state index in [1.54, 1.807) is 20.8 Å².